The largest absolute Gasteiger partial charge is 0.473 e. The lowest BCUT2D eigenvalue weighted by Gasteiger charge is -2.32. The fraction of sp³-hybridized carbons (Fsp3) is 0.600. The summed E-state index contributed by atoms with van der Waals surface area (Å²) in [7, 11) is 0. The molecule has 0 saturated carbocycles. The third kappa shape index (κ3) is 6.54. The van der Waals surface area contributed by atoms with Gasteiger partial charge in [0.25, 0.3) is 0 Å². The van der Waals surface area contributed by atoms with Crippen LogP contribution in [0.3, 0.4) is 0 Å². The number of thiophene rings is 1. The summed E-state index contributed by atoms with van der Waals surface area (Å²) in [4.78, 5) is 34.2. The lowest BCUT2D eigenvalue weighted by Crippen LogP contribution is -2.42. The van der Waals surface area contributed by atoms with Crippen molar-refractivity contribution in [3.05, 3.63) is 16.0 Å². The molecule has 2 heterocycles. The smallest absolute Gasteiger partial charge is 0.414 e. The Morgan fingerprint density at radius 1 is 1.14 bits per heavy atom. The number of carboxylic acid groups (broad SMARTS) is 2. The Balaban J connectivity index is 0.000000438. The molecule has 2 aliphatic rings. The zero-order valence-electron chi connectivity index (χ0n) is 16.6. The van der Waals surface area contributed by atoms with Crippen molar-refractivity contribution in [3.63, 3.8) is 0 Å². The van der Waals surface area contributed by atoms with Crippen molar-refractivity contribution >= 4 is 34.2 Å². The van der Waals surface area contributed by atoms with E-state index in [4.69, 9.17) is 19.8 Å². The number of carbonyl (C=O) groups is 3. The first-order chi connectivity index (χ1) is 13.8. The summed E-state index contributed by atoms with van der Waals surface area (Å²) in [5.41, 5.74) is 1.91. The molecule has 0 bridgehead atoms. The van der Waals surface area contributed by atoms with E-state index in [0.29, 0.717) is 18.2 Å². The molecule has 1 unspecified atom stereocenters. The van der Waals surface area contributed by atoms with Crippen molar-refractivity contribution in [1.29, 1.82) is 5.26 Å². The molecule has 1 aromatic heterocycles. The molecule has 3 rings (SSSR count). The minimum atomic E-state index is -1.82. The Labute approximate surface area is 174 Å². The van der Waals surface area contributed by atoms with Crippen LogP contribution >= 0.6 is 11.3 Å². The standard InChI is InChI=1S/C18H25N3OS.C2H2O4/c1-13-7-5-6-10-21(13)12-17(22)20-18-15(11-19)14-8-3-2-4-9-16(14)23-18;3-1(4)2(5)6/h13H,2-10,12H2,1H3,(H,20,22);(H,3,4)(H,5,6). The number of piperidine rings is 1. The third-order valence-electron chi connectivity index (χ3n) is 5.26. The molecule has 29 heavy (non-hydrogen) atoms. The van der Waals surface area contributed by atoms with Crippen molar-refractivity contribution in [2.24, 2.45) is 0 Å². The summed E-state index contributed by atoms with van der Waals surface area (Å²) in [5, 5.41) is 28.1. The predicted molar refractivity (Wildman–Crippen MR) is 109 cm³/mol. The van der Waals surface area contributed by atoms with Crippen LogP contribution in [0.25, 0.3) is 0 Å². The summed E-state index contributed by atoms with van der Waals surface area (Å²) in [5.74, 6) is -3.63. The van der Waals surface area contributed by atoms with Crippen molar-refractivity contribution in [2.45, 2.75) is 64.3 Å². The number of likely N-dealkylation sites (tertiary alicyclic amines) is 1. The third-order valence-corrected chi connectivity index (χ3v) is 6.46. The molecule has 1 saturated heterocycles. The molecule has 3 N–H and O–H groups in total. The number of nitrogens with one attached hydrogen (secondary N) is 1. The molecule has 9 heteroatoms. The van der Waals surface area contributed by atoms with Crippen LogP contribution < -0.4 is 5.32 Å². The molecular formula is C20H27N3O5S. The number of nitrogens with zero attached hydrogens (tertiary/aromatic N) is 2. The van der Waals surface area contributed by atoms with Gasteiger partial charge in [-0.25, -0.2) is 9.59 Å². The van der Waals surface area contributed by atoms with E-state index in [-0.39, 0.29) is 5.91 Å². The number of rotatable bonds is 3. The number of amides is 1. The molecule has 1 aliphatic carbocycles. The Kier molecular flexibility index (Phi) is 8.61. The van der Waals surface area contributed by atoms with Gasteiger partial charge in [-0.15, -0.1) is 11.3 Å². The fourth-order valence-electron chi connectivity index (χ4n) is 3.69. The second-order valence-electron chi connectivity index (χ2n) is 7.35. The number of aryl methyl sites for hydroxylation is 1. The quantitative estimate of drug-likeness (QED) is 0.505. The Hall–Kier alpha value is -2.44. The summed E-state index contributed by atoms with van der Waals surface area (Å²) < 4.78 is 0. The van der Waals surface area contributed by atoms with Crippen LogP contribution in [-0.2, 0) is 27.2 Å². The minimum absolute atomic E-state index is 0.0201. The van der Waals surface area contributed by atoms with E-state index in [9.17, 15) is 10.1 Å². The molecule has 1 amide bonds. The van der Waals surface area contributed by atoms with Crippen LogP contribution in [0.2, 0.25) is 0 Å². The zero-order valence-corrected chi connectivity index (χ0v) is 17.4. The van der Waals surface area contributed by atoms with Gasteiger partial charge in [0.05, 0.1) is 12.1 Å². The van der Waals surface area contributed by atoms with Crippen molar-refractivity contribution in [1.82, 2.24) is 4.90 Å². The average molecular weight is 422 g/mol. The number of hydrogen-bond acceptors (Lipinski definition) is 6. The van der Waals surface area contributed by atoms with E-state index in [1.807, 2.05) is 0 Å². The number of anilines is 1. The van der Waals surface area contributed by atoms with Gasteiger partial charge in [-0.05, 0) is 57.6 Å². The van der Waals surface area contributed by atoms with Crippen LogP contribution in [0.5, 0.6) is 0 Å². The zero-order chi connectivity index (χ0) is 21.4. The Bertz CT molecular complexity index is 787. The van der Waals surface area contributed by atoms with E-state index in [2.05, 4.69) is 23.2 Å². The number of carbonyl (C=O) groups excluding carboxylic acids is 1. The Morgan fingerprint density at radius 3 is 2.45 bits per heavy atom. The van der Waals surface area contributed by atoms with Crippen LogP contribution in [-0.4, -0.2) is 52.1 Å². The SMILES string of the molecule is CC1CCCCN1CC(=O)Nc1sc2c(c1C#N)CCCCC2.O=C(O)C(=O)O. The highest BCUT2D eigenvalue weighted by atomic mass is 32.1. The molecule has 8 nitrogen and oxygen atoms in total. The lowest BCUT2D eigenvalue weighted by atomic mass is 10.0. The van der Waals surface area contributed by atoms with E-state index in [0.717, 1.165) is 30.8 Å². The normalized spacial score (nSPS) is 19.0. The topological polar surface area (TPSA) is 131 Å². The van der Waals surface area contributed by atoms with Gasteiger partial charge >= 0.3 is 11.9 Å². The average Bonchev–Trinajstić information content (AvgIpc) is 2.83. The number of fused-ring (bicyclic) bond motifs is 1. The maximum Gasteiger partial charge on any atom is 0.414 e. The van der Waals surface area contributed by atoms with Gasteiger partial charge in [-0.2, -0.15) is 5.26 Å². The van der Waals surface area contributed by atoms with Gasteiger partial charge < -0.3 is 15.5 Å². The van der Waals surface area contributed by atoms with Crippen molar-refractivity contribution in [3.8, 4) is 6.07 Å². The maximum atomic E-state index is 12.4. The minimum Gasteiger partial charge on any atom is -0.473 e. The van der Waals surface area contributed by atoms with Gasteiger partial charge in [0.2, 0.25) is 5.91 Å². The van der Waals surface area contributed by atoms with E-state index >= 15 is 0 Å². The highest BCUT2D eigenvalue weighted by molar-refractivity contribution is 7.16. The van der Waals surface area contributed by atoms with Gasteiger partial charge in [0.1, 0.15) is 11.1 Å². The van der Waals surface area contributed by atoms with Crippen LogP contribution in [0, 0.1) is 11.3 Å². The van der Waals surface area contributed by atoms with Crippen molar-refractivity contribution in [2.75, 3.05) is 18.4 Å². The fourth-order valence-corrected chi connectivity index (χ4v) is 4.95. The first-order valence-electron chi connectivity index (χ1n) is 9.88. The highest BCUT2D eigenvalue weighted by Gasteiger charge is 2.23. The van der Waals surface area contributed by atoms with Crippen LogP contribution in [0.15, 0.2) is 0 Å². The lowest BCUT2D eigenvalue weighted by molar-refractivity contribution is -0.159. The van der Waals surface area contributed by atoms with E-state index in [1.54, 1.807) is 11.3 Å². The predicted octanol–water partition coefficient (Wildman–Crippen LogP) is 2.86. The summed E-state index contributed by atoms with van der Waals surface area (Å²) >= 11 is 1.62. The molecule has 0 spiro atoms. The molecule has 1 atom stereocenters. The Morgan fingerprint density at radius 2 is 1.83 bits per heavy atom. The highest BCUT2D eigenvalue weighted by Crippen LogP contribution is 2.37. The molecular weight excluding hydrogens is 394 g/mol. The first kappa shape index (κ1) is 22.8. The molecule has 1 fully saturated rings. The monoisotopic (exact) mass is 421 g/mol. The van der Waals surface area contributed by atoms with Gasteiger partial charge in [-0.1, -0.05) is 12.8 Å². The maximum absolute atomic E-state index is 12.4. The van der Waals surface area contributed by atoms with Gasteiger partial charge in [-0.3, -0.25) is 9.69 Å². The first-order valence-corrected chi connectivity index (χ1v) is 10.7. The number of carboxylic acids is 2. The summed E-state index contributed by atoms with van der Waals surface area (Å²) in [6.45, 7) is 3.63. The molecule has 0 aromatic carbocycles. The number of aliphatic carboxylic acids is 2. The molecule has 0 radical (unpaired) electrons. The number of hydrogen-bond donors (Lipinski definition) is 3. The van der Waals surface area contributed by atoms with Crippen LogP contribution in [0.1, 0.15) is 61.5 Å². The van der Waals surface area contributed by atoms with E-state index < -0.39 is 11.9 Å². The molecule has 1 aliphatic heterocycles. The van der Waals surface area contributed by atoms with Gasteiger partial charge in [0, 0.05) is 10.9 Å². The van der Waals surface area contributed by atoms with Crippen LogP contribution in [0.4, 0.5) is 5.00 Å². The van der Waals surface area contributed by atoms with E-state index in [1.165, 1.54) is 42.5 Å². The number of nitriles is 1. The summed E-state index contributed by atoms with van der Waals surface area (Å²) in [6.07, 6.45) is 9.21. The summed E-state index contributed by atoms with van der Waals surface area (Å²) in [6, 6.07) is 2.81. The van der Waals surface area contributed by atoms with Gasteiger partial charge in [0.15, 0.2) is 0 Å². The molecule has 158 valence electrons. The second-order valence-corrected chi connectivity index (χ2v) is 8.46. The second kappa shape index (κ2) is 10.9. The van der Waals surface area contributed by atoms with Crippen molar-refractivity contribution < 1.29 is 24.6 Å². The molecule has 1 aromatic rings.